The van der Waals surface area contributed by atoms with Gasteiger partial charge in [0.2, 0.25) is 0 Å². The maximum absolute atomic E-state index is 8.82. The molecule has 5 heavy (non-hydrogen) atoms. The Hall–Kier alpha value is -0.240. The second-order valence-electron chi connectivity index (χ2n) is 0.185. The third-order valence-electron chi connectivity index (χ3n) is 0.0364. The van der Waals surface area contributed by atoms with Crippen molar-refractivity contribution in [1.82, 2.24) is 0 Å². The fraction of sp³-hybridized carbons (Fsp3) is 0.500. The molecule has 0 bridgehead atoms. The minimum atomic E-state index is 0. The van der Waals surface area contributed by atoms with Crippen molar-refractivity contribution in [2.75, 3.05) is 0 Å². The van der Waals surface area contributed by atoms with Crippen LogP contribution in [-0.4, -0.2) is 6.47 Å². The molecule has 0 amide bonds. The minimum Gasteiger partial charge on any atom is -0.350 e. The van der Waals surface area contributed by atoms with Gasteiger partial charge in [0.1, 0.15) is 11.9 Å². The molecule has 0 atom stereocenters. The van der Waals surface area contributed by atoms with Gasteiger partial charge in [-0.2, -0.15) is 0 Å². The summed E-state index contributed by atoms with van der Waals surface area (Å²) in [5.74, 6) is 0. The van der Waals surface area contributed by atoms with Crippen LogP contribution in [0.5, 0.6) is 0 Å². The molecule has 2 nitrogen and oxygen atoms in total. The molecule has 0 radical (unpaired) electrons. The van der Waals surface area contributed by atoms with Crippen LogP contribution in [0.25, 0.3) is 0 Å². The summed E-state index contributed by atoms with van der Waals surface area (Å²) < 4.78 is 3.33. The quantitative estimate of drug-likeness (QED) is 0.455. The van der Waals surface area contributed by atoms with Gasteiger partial charge in [0.05, 0.1) is 0 Å². The van der Waals surface area contributed by atoms with Crippen molar-refractivity contribution in [2.24, 2.45) is 0 Å². The lowest BCUT2D eigenvalue weighted by atomic mass is 11.7. The molecular formula is C2H5ClO2. The standard InChI is InChI=1S/CHClO2.CH4/c2-4-1-3;/h1H;1H4. The van der Waals surface area contributed by atoms with E-state index in [1.54, 1.807) is 0 Å². The fourth-order valence-electron chi connectivity index (χ4n) is 0. The SMILES string of the molecule is C.O=COCl. The van der Waals surface area contributed by atoms with E-state index >= 15 is 0 Å². The minimum absolute atomic E-state index is 0. The van der Waals surface area contributed by atoms with E-state index in [0.29, 0.717) is 0 Å². The van der Waals surface area contributed by atoms with Gasteiger partial charge in [-0.3, -0.25) is 4.79 Å². The summed E-state index contributed by atoms with van der Waals surface area (Å²) in [6.45, 7) is 0.140. The molecule has 3 heteroatoms. The molecule has 0 rings (SSSR count). The summed E-state index contributed by atoms with van der Waals surface area (Å²) >= 11 is 4.32. The second kappa shape index (κ2) is 9.25. The van der Waals surface area contributed by atoms with E-state index in [1.807, 2.05) is 0 Å². The third kappa shape index (κ3) is 20.2. The number of hydrogen-bond donors (Lipinski definition) is 0. The van der Waals surface area contributed by atoms with E-state index in [-0.39, 0.29) is 13.9 Å². The van der Waals surface area contributed by atoms with Crippen LogP contribution in [0.3, 0.4) is 0 Å². The topological polar surface area (TPSA) is 26.3 Å². The number of carbonyl (C=O) groups excluding carboxylic acids is 1. The Morgan fingerprint density at radius 3 is 2.00 bits per heavy atom. The Morgan fingerprint density at radius 2 is 2.00 bits per heavy atom. The molecule has 0 saturated heterocycles. The molecule has 0 aromatic heterocycles. The lowest BCUT2D eigenvalue weighted by Crippen LogP contribution is -1.57. The van der Waals surface area contributed by atoms with Crippen molar-refractivity contribution in [3.63, 3.8) is 0 Å². The van der Waals surface area contributed by atoms with Crippen LogP contribution in [0.4, 0.5) is 0 Å². The Morgan fingerprint density at radius 1 is 1.80 bits per heavy atom. The van der Waals surface area contributed by atoms with Crippen LogP contribution in [0.15, 0.2) is 0 Å². The van der Waals surface area contributed by atoms with E-state index in [0.717, 1.165) is 0 Å². The van der Waals surface area contributed by atoms with Crippen molar-refractivity contribution in [3.8, 4) is 0 Å². The van der Waals surface area contributed by atoms with Crippen molar-refractivity contribution < 1.29 is 9.08 Å². The number of hydrogen-bond acceptors (Lipinski definition) is 2. The van der Waals surface area contributed by atoms with Crippen LogP contribution in [0.2, 0.25) is 0 Å². The highest BCUT2D eigenvalue weighted by molar-refractivity contribution is 6.10. The first-order valence-electron chi connectivity index (χ1n) is 0.626. The van der Waals surface area contributed by atoms with E-state index < -0.39 is 0 Å². The van der Waals surface area contributed by atoms with Crippen LogP contribution >= 0.6 is 11.9 Å². The van der Waals surface area contributed by atoms with Crippen molar-refractivity contribution in [3.05, 3.63) is 0 Å². The first-order chi connectivity index (χ1) is 1.91. The highest BCUT2D eigenvalue weighted by Crippen LogP contribution is 1.62. The zero-order valence-corrected chi connectivity index (χ0v) is 2.53. The molecule has 32 valence electrons. The smallest absolute Gasteiger partial charge is 0.312 e. The monoisotopic (exact) mass is 96.0 g/mol. The first-order valence-corrected chi connectivity index (χ1v) is 0.934. The maximum Gasteiger partial charge on any atom is 0.312 e. The number of halogens is 1. The summed E-state index contributed by atoms with van der Waals surface area (Å²) in [5, 5.41) is 0. The van der Waals surface area contributed by atoms with E-state index in [1.165, 1.54) is 0 Å². The second-order valence-corrected chi connectivity index (χ2v) is 0.363. The molecule has 0 aromatic rings. The Kier molecular flexibility index (Phi) is 16.3. The van der Waals surface area contributed by atoms with Gasteiger partial charge < -0.3 is 4.29 Å². The fourth-order valence-corrected chi connectivity index (χ4v) is 0. The molecule has 0 heterocycles. The Balaban J connectivity index is 0. The summed E-state index contributed by atoms with van der Waals surface area (Å²) in [5.41, 5.74) is 0. The Bertz CT molecular complexity index is 21.6. The molecule has 0 fully saturated rings. The van der Waals surface area contributed by atoms with Crippen LogP contribution < -0.4 is 0 Å². The van der Waals surface area contributed by atoms with Crippen LogP contribution in [0.1, 0.15) is 7.43 Å². The van der Waals surface area contributed by atoms with Crippen LogP contribution in [0, 0.1) is 0 Å². The van der Waals surface area contributed by atoms with Gasteiger partial charge in [0.15, 0.2) is 0 Å². The molecule has 0 N–H and O–H groups in total. The lowest BCUT2D eigenvalue weighted by Gasteiger charge is -1.59. The average molecular weight is 96.5 g/mol. The van der Waals surface area contributed by atoms with E-state index in [4.69, 9.17) is 4.79 Å². The lowest BCUT2D eigenvalue weighted by molar-refractivity contribution is -0.120. The molecule has 0 spiro atoms. The van der Waals surface area contributed by atoms with Gasteiger partial charge in [-0.15, -0.1) is 0 Å². The van der Waals surface area contributed by atoms with Crippen molar-refractivity contribution >= 4 is 18.3 Å². The zero-order valence-electron chi connectivity index (χ0n) is 1.77. The van der Waals surface area contributed by atoms with Crippen molar-refractivity contribution in [2.45, 2.75) is 7.43 Å². The van der Waals surface area contributed by atoms with Gasteiger partial charge in [-0.25, -0.2) is 0 Å². The largest absolute Gasteiger partial charge is 0.350 e. The predicted octanol–water partition coefficient (Wildman–Crippen LogP) is 0.949. The molecule has 0 aliphatic heterocycles. The average Bonchev–Trinajstić information content (AvgIpc) is 1.37. The molecule has 0 aromatic carbocycles. The van der Waals surface area contributed by atoms with Gasteiger partial charge in [-0.05, 0) is 0 Å². The molecule has 0 saturated carbocycles. The summed E-state index contributed by atoms with van der Waals surface area (Å²) in [6.07, 6.45) is 0. The molecule has 0 aliphatic rings. The van der Waals surface area contributed by atoms with Crippen molar-refractivity contribution in [1.29, 1.82) is 0 Å². The molecular weight excluding hydrogens is 91.5 g/mol. The van der Waals surface area contributed by atoms with Crippen LogP contribution in [-0.2, 0) is 9.08 Å². The predicted molar refractivity (Wildman–Crippen MR) is 19.7 cm³/mol. The summed E-state index contributed by atoms with van der Waals surface area (Å²) in [4.78, 5) is 8.82. The van der Waals surface area contributed by atoms with E-state index in [2.05, 4.69) is 16.2 Å². The van der Waals surface area contributed by atoms with Gasteiger partial charge in [0, 0.05) is 0 Å². The number of carbonyl (C=O) groups is 1. The maximum atomic E-state index is 8.82. The molecule has 0 unspecified atom stereocenters. The van der Waals surface area contributed by atoms with Gasteiger partial charge in [0.25, 0.3) is 0 Å². The van der Waals surface area contributed by atoms with Gasteiger partial charge >= 0.3 is 6.47 Å². The third-order valence-corrected chi connectivity index (χ3v) is 0.109. The summed E-state index contributed by atoms with van der Waals surface area (Å²) in [6, 6.07) is 0. The number of rotatable bonds is 1. The summed E-state index contributed by atoms with van der Waals surface area (Å²) in [7, 11) is 0. The normalized spacial score (nSPS) is 4.20. The highest BCUT2D eigenvalue weighted by atomic mass is 35.5. The first kappa shape index (κ1) is 8.83. The molecule has 0 aliphatic carbocycles. The Labute approximate surface area is 35.9 Å². The van der Waals surface area contributed by atoms with E-state index in [9.17, 15) is 0 Å². The van der Waals surface area contributed by atoms with Gasteiger partial charge in [-0.1, -0.05) is 7.43 Å². The zero-order chi connectivity index (χ0) is 3.41. The highest BCUT2D eigenvalue weighted by Gasteiger charge is 1.50.